The van der Waals surface area contributed by atoms with Crippen LogP contribution in [0.4, 0.5) is 0 Å². The van der Waals surface area contributed by atoms with E-state index in [1.54, 1.807) is 37.2 Å². The zero-order chi connectivity index (χ0) is 44.5. The molecule has 0 aliphatic heterocycles. The van der Waals surface area contributed by atoms with Crippen LogP contribution in [0.15, 0.2) is 110 Å². The van der Waals surface area contributed by atoms with Gasteiger partial charge >= 0.3 is 0 Å². The summed E-state index contributed by atoms with van der Waals surface area (Å²) >= 11 is 0. The van der Waals surface area contributed by atoms with Gasteiger partial charge < -0.3 is 15.3 Å². The number of phenols is 3. The minimum atomic E-state index is 0.192. The second kappa shape index (κ2) is 20.7. The van der Waals surface area contributed by atoms with Crippen LogP contribution in [-0.2, 0) is 19.3 Å². The Bertz CT molecular complexity index is 2340. The van der Waals surface area contributed by atoms with Crippen LogP contribution in [0.2, 0.25) is 0 Å². The molecule has 6 nitrogen and oxygen atoms in total. The summed E-state index contributed by atoms with van der Waals surface area (Å²) in [5, 5.41) is 37.9. The van der Waals surface area contributed by atoms with Crippen molar-refractivity contribution in [1.29, 1.82) is 0 Å². The molecule has 3 aromatic heterocycles. The van der Waals surface area contributed by atoms with Crippen molar-refractivity contribution in [3.63, 3.8) is 0 Å². The SMILES string of the molecule is CCCCCc1cc(-c2ccncc2)c(O)c(-c2c(C)c(-c3cc(CCCCC)cc(-c4ccncc4)c3O)c(C)c(-c3cc(CCCCC)cc(-c4ccncc4)c3O)c2C)c1. The van der Waals surface area contributed by atoms with Gasteiger partial charge in [0, 0.05) is 70.6 Å². The lowest BCUT2D eigenvalue weighted by Crippen LogP contribution is -2.04. The number of aryl methyl sites for hydroxylation is 3. The topological polar surface area (TPSA) is 99.4 Å². The third-order valence-electron chi connectivity index (χ3n) is 12.7. The second-order valence-corrected chi connectivity index (χ2v) is 17.2. The first-order valence-corrected chi connectivity index (χ1v) is 23.1. The predicted octanol–water partition coefficient (Wildman–Crippen LogP) is 15.1. The van der Waals surface area contributed by atoms with Crippen molar-refractivity contribution >= 4 is 0 Å². The summed E-state index contributed by atoms with van der Waals surface area (Å²) in [6, 6.07) is 24.6. The van der Waals surface area contributed by atoms with Gasteiger partial charge in [-0.2, -0.15) is 0 Å². The number of hydrogen-bond donors (Lipinski definition) is 3. The number of pyridine rings is 3. The van der Waals surface area contributed by atoms with Crippen molar-refractivity contribution in [2.45, 2.75) is 119 Å². The van der Waals surface area contributed by atoms with Crippen LogP contribution < -0.4 is 0 Å². The first-order chi connectivity index (χ1) is 30.7. The molecule has 4 aromatic carbocycles. The molecule has 0 unspecified atom stereocenters. The Balaban J connectivity index is 1.61. The van der Waals surface area contributed by atoms with E-state index in [4.69, 9.17) is 0 Å². The molecule has 0 aliphatic carbocycles. The van der Waals surface area contributed by atoms with E-state index in [1.807, 2.05) is 36.4 Å². The maximum absolute atomic E-state index is 12.6. The van der Waals surface area contributed by atoms with Crippen LogP contribution in [0.3, 0.4) is 0 Å². The number of nitrogens with zero attached hydrogens (tertiary/aromatic N) is 3. The number of benzene rings is 4. The van der Waals surface area contributed by atoms with E-state index < -0.39 is 0 Å². The molecule has 0 radical (unpaired) electrons. The van der Waals surface area contributed by atoms with Crippen LogP contribution in [0.1, 0.15) is 112 Å². The van der Waals surface area contributed by atoms with Crippen molar-refractivity contribution in [3.8, 4) is 84.0 Å². The van der Waals surface area contributed by atoms with Crippen molar-refractivity contribution in [2.75, 3.05) is 0 Å². The lowest BCUT2D eigenvalue weighted by molar-refractivity contribution is 0.479. The highest BCUT2D eigenvalue weighted by atomic mass is 16.3. The Kier molecular flexibility index (Phi) is 14.7. The standard InChI is InChI=1S/C57H63N3O3/c1-7-10-13-16-40-31-46(43-19-25-58-26-20-43)55(61)49(34-40)52-37(4)53(50-35-41(17-14-11-8-2)32-47(56(50)62)44-21-27-59-28-22-44)39(6)54(38(52)5)51-36-42(18-15-12-9-3)33-48(57(51)63)45-23-29-60-30-24-45/h19-36,61-63H,7-18H2,1-6H3. The highest BCUT2D eigenvalue weighted by Crippen LogP contribution is 2.53. The third-order valence-corrected chi connectivity index (χ3v) is 12.7. The molecule has 7 aromatic rings. The Morgan fingerprint density at radius 3 is 0.825 bits per heavy atom. The molecule has 0 saturated carbocycles. The van der Waals surface area contributed by atoms with E-state index >= 15 is 0 Å². The van der Waals surface area contributed by atoms with Crippen molar-refractivity contribution in [1.82, 2.24) is 15.0 Å². The van der Waals surface area contributed by atoms with E-state index in [-0.39, 0.29) is 17.2 Å². The average Bonchev–Trinajstić information content (AvgIpc) is 3.30. The lowest BCUT2D eigenvalue weighted by Gasteiger charge is -2.27. The normalized spacial score (nSPS) is 11.3. The van der Waals surface area contributed by atoms with Crippen LogP contribution in [0.5, 0.6) is 17.2 Å². The molecule has 0 saturated heterocycles. The Hall–Kier alpha value is -6.27. The molecular formula is C57H63N3O3. The first-order valence-electron chi connectivity index (χ1n) is 23.1. The average molecular weight is 838 g/mol. The van der Waals surface area contributed by atoms with Gasteiger partial charge in [0.05, 0.1) is 0 Å². The molecule has 3 heterocycles. The molecule has 0 fully saturated rings. The second-order valence-electron chi connectivity index (χ2n) is 17.2. The molecule has 7 rings (SSSR count). The summed E-state index contributed by atoms with van der Waals surface area (Å²) in [5.74, 6) is 0.576. The number of hydrogen-bond acceptors (Lipinski definition) is 6. The zero-order valence-electron chi connectivity index (χ0n) is 38.1. The monoisotopic (exact) mass is 837 g/mol. The molecule has 0 aliphatic rings. The summed E-state index contributed by atoms with van der Waals surface area (Å²) in [6.07, 6.45) is 23.0. The van der Waals surface area contributed by atoms with E-state index in [1.165, 1.54) is 0 Å². The Morgan fingerprint density at radius 1 is 0.349 bits per heavy atom. The van der Waals surface area contributed by atoms with E-state index in [0.29, 0.717) is 0 Å². The minimum absolute atomic E-state index is 0.192. The minimum Gasteiger partial charge on any atom is -0.507 e. The molecule has 324 valence electrons. The summed E-state index contributed by atoms with van der Waals surface area (Å²) in [4.78, 5) is 12.9. The molecule has 3 N–H and O–H groups in total. The molecule has 6 heteroatoms. The van der Waals surface area contributed by atoms with Gasteiger partial charge in [-0.25, -0.2) is 0 Å². The number of rotatable bonds is 18. The van der Waals surface area contributed by atoms with Gasteiger partial charge in [-0.05, 0) is 199 Å². The maximum Gasteiger partial charge on any atom is 0.131 e. The van der Waals surface area contributed by atoms with E-state index in [2.05, 4.69) is 92.9 Å². The highest BCUT2D eigenvalue weighted by molar-refractivity contribution is 5.99. The van der Waals surface area contributed by atoms with Gasteiger partial charge in [-0.15, -0.1) is 0 Å². The third kappa shape index (κ3) is 9.71. The molecule has 0 spiro atoms. The van der Waals surface area contributed by atoms with Crippen LogP contribution in [0.25, 0.3) is 66.8 Å². The van der Waals surface area contributed by atoms with Crippen molar-refractivity contribution < 1.29 is 15.3 Å². The molecular weight excluding hydrogens is 775 g/mol. The van der Waals surface area contributed by atoms with E-state index in [0.717, 1.165) is 177 Å². The Labute approximate surface area is 374 Å². The number of phenolic OH excluding ortho intramolecular Hbond substituents is 3. The summed E-state index contributed by atoms with van der Waals surface area (Å²) in [6.45, 7) is 13.0. The Morgan fingerprint density at radius 2 is 0.587 bits per heavy atom. The van der Waals surface area contributed by atoms with Gasteiger partial charge in [0.1, 0.15) is 17.2 Å². The molecule has 0 amide bonds. The maximum atomic E-state index is 12.6. The number of aromatic hydroxyl groups is 3. The quantitative estimate of drug-likeness (QED) is 0.0745. The number of aromatic nitrogens is 3. The smallest absolute Gasteiger partial charge is 0.131 e. The predicted molar refractivity (Wildman–Crippen MR) is 261 cm³/mol. The van der Waals surface area contributed by atoms with Crippen LogP contribution >= 0.6 is 0 Å². The van der Waals surface area contributed by atoms with Gasteiger partial charge in [0.2, 0.25) is 0 Å². The highest BCUT2D eigenvalue weighted by Gasteiger charge is 2.28. The van der Waals surface area contributed by atoms with Crippen molar-refractivity contribution in [2.24, 2.45) is 0 Å². The van der Waals surface area contributed by atoms with Gasteiger partial charge in [-0.3, -0.25) is 15.0 Å². The molecule has 63 heavy (non-hydrogen) atoms. The lowest BCUT2D eigenvalue weighted by atomic mass is 9.78. The summed E-state index contributed by atoms with van der Waals surface area (Å²) in [5.41, 5.74) is 16.1. The summed E-state index contributed by atoms with van der Waals surface area (Å²) in [7, 11) is 0. The van der Waals surface area contributed by atoms with Crippen LogP contribution in [-0.4, -0.2) is 30.3 Å². The first kappa shape index (κ1) is 44.8. The fraction of sp³-hybridized carbons (Fsp3) is 0.316. The fourth-order valence-electron chi connectivity index (χ4n) is 9.51. The van der Waals surface area contributed by atoms with Crippen LogP contribution in [0, 0.1) is 20.8 Å². The van der Waals surface area contributed by atoms with Gasteiger partial charge in [-0.1, -0.05) is 59.3 Å². The van der Waals surface area contributed by atoms with Crippen molar-refractivity contribution in [3.05, 3.63) is 143 Å². The fourth-order valence-corrected chi connectivity index (χ4v) is 9.51. The molecule has 0 bridgehead atoms. The van der Waals surface area contributed by atoms with Gasteiger partial charge in [0.25, 0.3) is 0 Å². The van der Waals surface area contributed by atoms with Gasteiger partial charge in [0.15, 0.2) is 0 Å². The van der Waals surface area contributed by atoms with E-state index in [9.17, 15) is 15.3 Å². The molecule has 0 atom stereocenters. The summed E-state index contributed by atoms with van der Waals surface area (Å²) < 4.78 is 0. The zero-order valence-corrected chi connectivity index (χ0v) is 38.1. The number of unbranched alkanes of at least 4 members (excludes halogenated alkanes) is 6. The largest absolute Gasteiger partial charge is 0.507 e.